The van der Waals surface area contributed by atoms with Crippen molar-refractivity contribution in [3.05, 3.63) is 12.2 Å². The Hall–Kier alpha value is -0.630. The van der Waals surface area contributed by atoms with Crippen molar-refractivity contribution < 1.29 is 9.53 Å². The first-order chi connectivity index (χ1) is 7.75. The van der Waals surface area contributed by atoms with Gasteiger partial charge in [-0.25, -0.2) is 0 Å². The van der Waals surface area contributed by atoms with Crippen LogP contribution in [0, 0.1) is 11.8 Å². The summed E-state index contributed by atoms with van der Waals surface area (Å²) in [7, 11) is 0. The molecule has 90 valence electrons. The minimum Gasteiger partial charge on any atom is -0.377 e. The monoisotopic (exact) mass is 222 g/mol. The molecule has 0 aromatic heterocycles. The highest BCUT2D eigenvalue weighted by atomic mass is 16.5. The molecule has 0 aliphatic heterocycles. The lowest BCUT2D eigenvalue weighted by Crippen LogP contribution is -2.27. The fraction of sp³-hybridized carbons (Fsp3) is 0.786. The van der Waals surface area contributed by atoms with Crippen molar-refractivity contribution in [2.24, 2.45) is 11.8 Å². The van der Waals surface area contributed by atoms with Crippen LogP contribution in [0.5, 0.6) is 0 Å². The Labute approximate surface area is 98.1 Å². The number of hydrogen-bond donors (Lipinski definition) is 0. The van der Waals surface area contributed by atoms with Crippen LogP contribution in [0.4, 0.5) is 0 Å². The molecule has 0 N–H and O–H groups in total. The van der Waals surface area contributed by atoms with Gasteiger partial charge in [-0.3, -0.25) is 4.79 Å². The number of carbonyl (C=O) groups excluding carboxylic acids is 1. The largest absolute Gasteiger partial charge is 0.377 e. The van der Waals surface area contributed by atoms with Crippen LogP contribution in [0.1, 0.15) is 45.4 Å². The molecule has 1 saturated carbocycles. The predicted molar refractivity (Wildman–Crippen MR) is 64.2 cm³/mol. The van der Waals surface area contributed by atoms with Gasteiger partial charge in [0.25, 0.3) is 0 Å². The molecule has 2 aliphatic rings. The van der Waals surface area contributed by atoms with Gasteiger partial charge in [0.15, 0.2) is 0 Å². The molecule has 2 nitrogen and oxygen atoms in total. The summed E-state index contributed by atoms with van der Waals surface area (Å²) in [5.74, 6) is 1.76. The minimum absolute atomic E-state index is 0.208. The van der Waals surface area contributed by atoms with E-state index in [0.717, 1.165) is 38.2 Å². The first-order valence-corrected chi connectivity index (χ1v) is 6.54. The van der Waals surface area contributed by atoms with Crippen LogP contribution >= 0.6 is 0 Å². The molecular formula is C14H22O2. The molecular weight excluding hydrogens is 200 g/mol. The summed E-state index contributed by atoms with van der Waals surface area (Å²) < 4.78 is 5.91. The molecule has 0 saturated heterocycles. The van der Waals surface area contributed by atoms with Crippen LogP contribution in [0.15, 0.2) is 12.2 Å². The van der Waals surface area contributed by atoms with Gasteiger partial charge in [0, 0.05) is 12.8 Å². The molecule has 16 heavy (non-hydrogen) atoms. The molecule has 0 bridgehead atoms. The van der Waals surface area contributed by atoms with E-state index in [-0.39, 0.29) is 6.10 Å². The van der Waals surface area contributed by atoms with Gasteiger partial charge in [0.1, 0.15) is 5.78 Å². The van der Waals surface area contributed by atoms with E-state index in [1.807, 2.05) is 0 Å². The summed E-state index contributed by atoms with van der Waals surface area (Å²) >= 11 is 0. The smallest absolute Gasteiger partial charge is 0.135 e. The number of ether oxygens (including phenoxy) is 1. The number of rotatable bonds is 3. The number of Topliss-reactive ketones (excluding diaryl/α,β-unsaturated/α-hetero) is 1. The molecule has 2 heteroatoms. The quantitative estimate of drug-likeness (QED) is 0.686. The standard InChI is InChI=1S/C14H22O2/c1-11-5-2-3-6-12(11)10-16-14-8-4-7-13(15)9-14/h2-3,11-12,14H,4-10H2,1H3. The maximum absolute atomic E-state index is 11.3. The number of hydrogen-bond acceptors (Lipinski definition) is 2. The van der Waals surface area contributed by atoms with Crippen molar-refractivity contribution in [2.45, 2.75) is 51.6 Å². The van der Waals surface area contributed by atoms with Crippen LogP contribution in [0.3, 0.4) is 0 Å². The SMILES string of the molecule is CC1CC=CCC1COC1CCCC(=O)C1. The van der Waals surface area contributed by atoms with Crippen molar-refractivity contribution in [2.75, 3.05) is 6.61 Å². The van der Waals surface area contributed by atoms with E-state index in [2.05, 4.69) is 19.1 Å². The fourth-order valence-electron chi connectivity index (χ4n) is 2.63. The van der Waals surface area contributed by atoms with Crippen molar-refractivity contribution in [1.82, 2.24) is 0 Å². The highest BCUT2D eigenvalue weighted by molar-refractivity contribution is 5.79. The average Bonchev–Trinajstić information content (AvgIpc) is 2.28. The van der Waals surface area contributed by atoms with Gasteiger partial charge in [-0.05, 0) is 37.5 Å². The molecule has 0 aromatic carbocycles. The summed E-state index contributed by atoms with van der Waals surface area (Å²) in [5, 5.41) is 0. The van der Waals surface area contributed by atoms with Crippen LogP contribution in [-0.2, 0) is 9.53 Å². The number of allylic oxidation sites excluding steroid dienone is 2. The predicted octanol–water partition coefficient (Wildman–Crippen LogP) is 3.12. The number of carbonyl (C=O) groups is 1. The van der Waals surface area contributed by atoms with Crippen molar-refractivity contribution in [1.29, 1.82) is 0 Å². The Balaban J connectivity index is 1.74. The summed E-state index contributed by atoms with van der Waals surface area (Å²) in [6, 6.07) is 0. The molecule has 3 unspecified atom stereocenters. The highest BCUT2D eigenvalue weighted by Gasteiger charge is 2.23. The van der Waals surface area contributed by atoms with Crippen LogP contribution in [-0.4, -0.2) is 18.5 Å². The second kappa shape index (κ2) is 5.62. The third kappa shape index (κ3) is 3.18. The van der Waals surface area contributed by atoms with Gasteiger partial charge in [-0.2, -0.15) is 0 Å². The van der Waals surface area contributed by atoms with Crippen LogP contribution < -0.4 is 0 Å². The number of ketones is 1. The zero-order valence-corrected chi connectivity index (χ0v) is 10.2. The van der Waals surface area contributed by atoms with Gasteiger partial charge >= 0.3 is 0 Å². The molecule has 2 aliphatic carbocycles. The summed E-state index contributed by atoms with van der Waals surface area (Å²) in [6.45, 7) is 3.13. The van der Waals surface area contributed by atoms with E-state index in [0.29, 0.717) is 18.1 Å². The van der Waals surface area contributed by atoms with Gasteiger partial charge < -0.3 is 4.74 Å². The molecule has 1 fully saturated rings. The Kier molecular flexibility index (Phi) is 4.16. The lowest BCUT2D eigenvalue weighted by atomic mass is 9.85. The van der Waals surface area contributed by atoms with Gasteiger partial charge in [0.05, 0.1) is 12.7 Å². The summed E-state index contributed by atoms with van der Waals surface area (Å²) in [5.41, 5.74) is 0. The second-order valence-corrected chi connectivity index (χ2v) is 5.27. The van der Waals surface area contributed by atoms with E-state index >= 15 is 0 Å². The summed E-state index contributed by atoms with van der Waals surface area (Å²) in [4.78, 5) is 11.3. The van der Waals surface area contributed by atoms with Gasteiger partial charge in [0.2, 0.25) is 0 Å². The minimum atomic E-state index is 0.208. The molecule has 0 spiro atoms. The maximum atomic E-state index is 11.3. The van der Waals surface area contributed by atoms with E-state index < -0.39 is 0 Å². The molecule has 0 heterocycles. The van der Waals surface area contributed by atoms with E-state index in [1.165, 1.54) is 6.42 Å². The second-order valence-electron chi connectivity index (χ2n) is 5.27. The van der Waals surface area contributed by atoms with E-state index in [4.69, 9.17) is 4.74 Å². The fourth-order valence-corrected chi connectivity index (χ4v) is 2.63. The molecule has 2 rings (SSSR count). The van der Waals surface area contributed by atoms with Crippen molar-refractivity contribution in [3.63, 3.8) is 0 Å². The zero-order valence-electron chi connectivity index (χ0n) is 10.2. The van der Waals surface area contributed by atoms with Gasteiger partial charge in [-0.1, -0.05) is 19.1 Å². The molecule has 0 aromatic rings. The molecule has 3 atom stereocenters. The lowest BCUT2D eigenvalue weighted by molar-refractivity contribution is -0.125. The third-order valence-electron chi connectivity index (χ3n) is 3.90. The average molecular weight is 222 g/mol. The van der Waals surface area contributed by atoms with Crippen molar-refractivity contribution in [3.8, 4) is 0 Å². The maximum Gasteiger partial charge on any atom is 0.135 e. The van der Waals surface area contributed by atoms with Crippen LogP contribution in [0.25, 0.3) is 0 Å². The highest BCUT2D eigenvalue weighted by Crippen LogP contribution is 2.27. The molecule has 0 amide bonds. The Morgan fingerprint density at radius 3 is 2.94 bits per heavy atom. The van der Waals surface area contributed by atoms with E-state index in [1.54, 1.807) is 0 Å². The first-order valence-electron chi connectivity index (χ1n) is 6.54. The first kappa shape index (κ1) is 11.8. The van der Waals surface area contributed by atoms with Gasteiger partial charge in [-0.15, -0.1) is 0 Å². The lowest BCUT2D eigenvalue weighted by Gasteiger charge is -2.28. The topological polar surface area (TPSA) is 26.3 Å². The van der Waals surface area contributed by atoms with Crippen LogP contribution in [0.2, 0.25) is 0 Å². The normalized spacial score (nSPS) is 35.3. The summed E-state index contributed by atoms with van der Waals surface area (Å²) in [6.07, 6.45) is 10.6. The zero-order chi connectivity index (χ0) is 11.4. The Morgan fingerprint density at radius 1 is 1.38 bits per heavy atom. The third-order valence-corrected chi connectivity index (χ3v) is 3.90. The van der Waals surface area contributed by atoms with Crippen molar-refractivity contribution >= 4 is 5.78 Å². The molecule has 0 radical (unpaired) electrons. The van der Waals surface area contributed by atoms with E-state index in [9.17, 15) is 4.79 Å². The Bertz CT molecular complexity index is 270. The Morgan fingerprint density at radius 2 is 2.19 bits per heavy atom.